The monoisotopic (exact) mass is 218 g/mol. The second-order valence-corrected chi connectivity index (χ2v) is 6.91. The summed E-state index contributed by atoms with van der Waals surface area (Å²) in [5, 5.41) is 0. The molecule has 1 unspecified atom stereocenters. The SMILES string of the molecule is CCCC(C)(CC)C1SCCCS1. The Bertz CT molecular complexity index is 141. The minimum Gasteiger partial charge on any atom is -0.147 e. The van der Waals surface area contributed by atoms with Gasteiger partial charge >= 0.3 is 0 Å². The van der Waals surface area contributed by atoms with Crippen LogP contribution in [0.5, 0.6) is 0 Å². The van der Waals surface area contributed by atoms with Gasteiger partial charge in [0.05, 0.1) is 4.58 Å². The Hall–Kier alpha value is 0.700. The molecule has 0 radical (unpaired) electrons. The zero-order chi connectivity index (χ0) is 9.73. The predicted molar refractivity (Wildman–Crippen MR) is 66.6 cm³/mol. The second kappa shape index (κ2) is 5.55. The highest BCUT2D eigenvalue weighted by atomic mass is 32.2. The van der Waals surface area contributed by atoms with Crippen molar-refractivity contribution in [2.75, 3.05) is 11.5 Å². The molecule has 1 fully saturated rings. The van der Waals surface area contributed by atoms with E-state index in [1.807, 2.05) is 0 Å². The van der Waals surface area contributed by atoms with Crippen LogP contribution in [-0.2, 0) is 0 Å². The average Bonchev–Trinajstić information content (AvgIpc) is 2.19. The Labute approximate surface area is 91.6 Å². The van der Waals surface area contributed by atoms with Gasteiger partial charge in [-0.15, -0.1) is 23.5 Å². The molecule has 0 nitrogen and oxygen atoms in total. The Morgan fingerprint density at radius 2 is 1.85 bits per heavy atom. The van der Waals surface area contributed by atoms with Crippen LogP contribution in [0.15, 0.2) is 0 Å². The highest BCUT2D eigenvalue weighted by Crippen LogP contribution is 2.47. The van der Waals surface area contributed by atoms with E-state index in [2.05, 4.69) is 44.3 Å². The van der Waals surface area contributed by atoms with Gasteiger partial charge in [0.1, 0.15) is 0 Å². The number of rotatable bonds is 4. The third-order valence-corrected chi connectivity index (χ3v) is 6.63. The van der Waals surface area contributed by atoms with Crippen molar-refractivity contribution in [3.63, 3.8) is 0 Å². The zero-order valence-corrected chi connectivity index (χ0v) is 10.8. The molecule has 0 saturated carbocycles. The molecular weight excluding hydrogens is 196 g/mol. The van der Waals surface area contributed by atoms with Gasteiger partial charge in [0, 0.05) is 0 Å². The molecule has 1 saturated heterocycles. The van der Waals surface area contributed by atoms with Gasteiger partial charge < -0.3 is 0 Å². The van der Waals surface area contributed by atoms with Gasteiger partial charge in [0.25, 0.3) is 0 Å². The molecule has 1 heterocycles. The number of hydrogen-bond acceptors (Lipinski definition) is 2. The second-order valence-electron chi connectivity index (χ2n) is 4.18. The van der Waals surface area contributed by atoms with Crippen LogP contribution in [0.4, 0.5) is 0 Å². The quantitative estimate of drug-likeness (QED) is 0.686. The van der Waals surface area contributed by atoms with E-state index in [1.54, 1.807) is 0 Å². The first kappa shape index (κ1) is 11.8. The summed E-state index contributed by atoms with van der Waals surface area (Å²) in [4.78, 5) is 0. The van der Waals surface area contributed by atoms with E-state index in [9.17, 15) is 0 Å². The minimum absolute atomic E-state index is 0.588. The van der Waals surface area contributed by atoms with Crippen molar-refractivity contribution >= 4 is 23.5 Å². The third-order valence-electron chi connectivity index (χ3n) is 3.02. The maximum absolute atomic E-state index is 2.48. The van der Waals surface area contributed by atoms with E-state index < -0.39 is 0 Å². The van der Waals surface area contributed by atoms with E-state index in [-0.39, 0.29) is 0 Å². The lowest BCUT2D eigenvalue weighted by Gasteiger charge is -2.38. The van der Waals surface area contributed by atoms with Crippen LogP contribution in [0, 0.1) is 5.41 Å². The van der Waals surface area contributed by atoms with Crippen molar-refractivity contribution in [3.05, 3.63) is 0 Å². The topological polar surface area (TPSA) is 0 Å². The fourth-order valence-electron chi connectivity index (χ4n) is 1.92. The van der Waals surface area contributed by atoms with Crippen LogP contribution in [0.1, 0.15) is 46.5 Å². The summed E-state index contributed by atoms with van der Waals surface area (Å²) < 4.78 is 0.867. The van der Waals surface area contributed by atoms with Crippen molar-refractivity contribution in [2.45, 2.75) is 51.0 Å². The fourth-order valence-corrected chi connectivity index (χ4v) is 5.49. The molecule has 0 aliphatic carbocycles. The van der Waals surface area contributed by atoms with Gasteiger partial charge in [-0.05, 0) is 36.2 Å². The molecule has 1 aliphatic rings. The maximum Gasteiger partial charge on any atom is 0.0555 e. The molecule has 1 aliphatic heterocycles. The van der Waals surface area contributed by atoms with Crippen molar-refractivity contribution in [1.82, 2.24) is 0 Å². The van der Waals surface area contributed by atoms with Crippen LogP contribution < -0.4 is 0 Å². The van der Waals surface area contributed by atoms with Gasteiger partial charge in [0.15, 0.2) is 0 Å². The molecule has 2 heteroatoms. The number of thioether (sulfide) groups is 2. The lowest BCUT2D eigenvalue weighted by molar-refractivity contribution is 0.312. The predicted octanol–water partition coefficient (Wildman–Crippen LogP) is 4.40. The smallest absolute Gasteiger partial charge is 0.0555 e. The van der Waals surface area contributed by atoms with E-state index in [0.717, 1.165) is 4.58 Å². The summed E-state index contributed by atoms with van der Waals surface area (Å²) >= 11 is 4.40. The average molecular weight is 218 g/mol. The Kier molecular flexibility index (Phi) is 5.03. The van der Waals surface area contributed by atoms with Gasteiger partial charge in [-0.1, -0.05) is 27.2 Å². The van der Waals surface area contributed by atoms with Crippen LogP contribution in [0.2, 0.25) is 0 Å². The van der Waals surface area contributed by atoms with Gasteiger partial charge in [0.2, 0.25) is 0 Å². The van der Waals surface area contributed by atoms with Crippen molar-refractivity contribution in [1.29, 1.82) is 0 Å². The van der Waals surface area contributed by atoms with Gasteiger partial charge in [-0.25, -0.2) is 0 Å². The van der Waals surface area contributed by atoms with Gasteiger partial charge in [-0.2, -0.15) is 0 Å². The molecule has 0 N–H and O–H groups in total. The molecule has 0 aromatic carbocycles. The molecule has 13 heavy (non-hydrogen) atoms. The van der Waals surface area contributed by atoms with E-state index in [1.165, 1.54) is 37.2 Å². The lowest BCUT2D eigenvalue weighted by atomic mass is 9.85. The molecule has 0 aromatic heterocycles. The molecule has 0 bridgehead atoms. The van der Waals surface area contributed by atoms with E-state index in [4.69, 9.17) is 0 Å². The van der Waals surface area contributed by atoms with Crippen LogP contribution in [-0.4, -0.2) is 16.1 Å². The summed E-state index contributed by atoms with van der Waals surface area (Å²) in [6, 6.07) is 0. The van der Waals surface area contributed by atoms with E-state index in [0.29, 0.717) is 5.41 Å². The Balaban J connectivity index is 2.51. The summed E-state index contributed by atoms with van der Waals surface area (Å²) in [7, 11) is 0. The molecule has 0 amide bonds. The molecular formula is C11H22S2. The first-order chi connectivity index (χ1) is 6.23. The fraction of sp³-hybridized carbons (Fsp3) is 1.00. The Morgan fingerprint density at radius 3 is 2.31 bits per heavy atom. The maximum atomic E-state index is 2.48. The molecule has 1 atom stereocenters. The van der Waals surface area contributed by atoms with Crippen LogP contribution >= 0.6 is 23.5 Å². The third kappa shape index (κ3) is 3.09. The van der Waals surface area contributed by atoms with Gasteiger partial charge in [-0.3, -0.25) is 0 Å². The lowest BCUT2D eigenvalue weighted by Crippen LogP contribution is -2.29. The first-order valence-corrected chi connectivity index (χ1v) is 7.56. The van der Waals surface area contributed by atoms with Crippen molar-refractivity contribution < 1.29 is 0 Å². The zero-order valence-electron chi connectivity index (χ0n) is 9.14. The minimum atomic E-state index is 0.588. The number of hydrogen-bond donors (Lipinski definition) is 0. The highest BCUT2D eigenvalue weighted by Gasteiger charge is 2.33. The summed E-state index contributed by atoms with van der Waals surface area (Å²) in [6.07, 6.45) is 5.49. The van der Waals surface area contributed by atoms with Crippen molar-refractivity contribution in [2.24, 2.45) is 5.41 Å². The summed E-state index contributed by atoms with van der Waals surface area (Å²) in [5.74, 6) is 2.77. The van der Waals surface area contributed by atoms with Crippen LogP contribution in [0.3, 0.4) is 0 Å². The summed E-state index contributed by atoms with van der Waals surface area (Å²) in [6.45, 7) is 7.14. The Morgan fingerprint density at radius 1 is 1.23 bits per heavy atom. The highest BCUT2D eigenvalue weighted by molar-refractivity contribution is 8.17. The first-order valence-electron chi connectivity index (χ1n) is 5.46. The van der Waals surface area contributed by atoms with E-state index >= 15 is 0 Å². The molecule has 0 aromatic rings. The van der Waals surface area contributed by atoms with Crippen LogP contribution in [0.25, 0.3) is 0 Å². The normalized spacial score (nSPS) is 24.2. The largest absolute Gasteiger partial charge is 0.147 e. The summed E-state index contributed by atoms with van der Waals surface area (Å²) in [5.41, 5.74) is 0.588. The molecule has 78 valence electrons. The molecule has 1 rings (SSSR count). The standard InChI is InChI=1S/C11H22S2/c1-4-7-11(3,5-2)10-12-8-6-9-13-10/h10H,4-9H2,1-3H3. The molecule has 0 spiro atoms. The van der Waals surface area contributed by atoms with Crippen molar-refractivity contribution in [3.8, 4) is 0 Å².